The highest BCUT2D eigenvalue weighted by Crippen LogP contribution is 2.45. The van der Waals surface area contributed by atoms with Crippen LogP contribution in [0.25, 0.3) is 0 Å². The summed E-state index contributed by atoms with van der Waals surface area (Å²) in [6.45, 7) is 25.6. The smallest absolute Gasteiger partial charge is 0.192 e. The van der Waals surface area contributed by atoms with Crippen molar-refractivity contribution in [2.24, 2.45) is 17.8 Å². The maximum absolute atomic E-state index is 13.3. The van der Waals surface area contributed by atoms with E-state index in [9.17, 15) is 4.79 Å². The van der Waals surface area contributed by atoms with E-state index in [0.717, 1.165) is 25.7 Å². The van der Waals surface area contributed by atoms with Gasteiger partial charge in [0.15, 0.2) is 16.6 Å². The highest BCUT2D eigenvalue weighted by atomic mass is 28.4. The van der Waals surface area contributed by atoms with Gasteiger partial charge in [0.2, 0.25) is 0 Å². The van der Waals surface area contributed by atoms with Crippen LogP contribution in [-0.4, -0.2) is 34.6 Å². The Bertz CT molecular complexity index is 723. The molecule has 36 heavy (non-hydrogen) atoms. The predicted octanol–water partition coefficient (Wildman–Crippen LogP) is 9.69. The van der Waals surface area contributed by atoms with Crippen LogP contribution in [0, 0.1) is 17.8 Å². The second kappa shape index (κ2) is 12.7. The van der Waals surface area contributed by atoms with E-state index in [0.29, 0.717) is 30.1 Å². The van der Waals surface area contributed by atoms with Crippen molar-refractivity contribution in [3.8, 4) is 0 Å². The number of carbonyl (C=O) groups excluding carboxylic acids is 1. The molecule has 2 fully saturated rings. The van der Waals surface area contributed by atoms with E-state index in [1.165, 1.54) is 32.1 Å². The number of rotatable bonds is 11. The molecule has 0 aromatic heterocycles. The first-order chi connectivity index (χ1) is 16.5. The minimum atomic E-state index is -1.96. The third-order valence-corrected chi connectivity index (χ3v) is 19.1. The Morgan fingerprint density at radius 3 is 2.03 bits per heavy atom. The molecule has 4 atom stereocenters. The molecule has 0 amide bonds. The summed E-state index contributed by atoms with van der Waals surface area (Å²) in [5, 5.41) is 0.363. The lowest BCUT2D eigenvalue weighted by Gasteiger charge is -2.43. The normalized spacial score (nSPS) is 26.2. The molecule has 0 aliphatic heterocycles. The Labute approximate surface area is 226 Å². The fourth-order valence-electron chi connectivity index (χ4n) is 5.59. The average Bonchev–Trinajstić information content (AvgIpc) is 3.03. The lowest BCUT2D eigenvalue weighted by molar-refractivity contribution is -0.121. The van der Waals surface area contributed by atoms with E-state index < -0.39 is 16.6 Å². The Morgan fingerprint density at radius 2 is 1.50 bits per heavy atom. The van der Waals surface area contributed by atoms with E-state index in [1.54, 1.807) is 0 Å². The van der Waals surface area contributed by atoms with E-state index in [1.807, 2.05) is 0 Å². The Kier molecular flexibility index (Phi) is 11.3. The topological polar surface area (TPSA) is 35.5 Å². The summed E-state index contributed by atoms with van der Waals surface area (Å²) in [6, 6.07) is 0. The number of Topliss-reactive ketones (excluding diaryl/α,β-unsaturated/α-hetero) is 1. The van der Waals surface area contributed by atoms with Gasteiger partial charge in [-0.2, -0.15) is 0 Å². The summed E-state index contributed by atoms with van der Waals surface area (Å²) >= 11 is 0. The summed E-state index contributed by atoms with van der Waals surface area (Å²) in [5.41, 5.74) is 0. The van der Waals surface area contributed by atoms with Gasteiger partial charge in [-0.05, 0) is 86.6 Å². The quantitative estimate of drug-likeness (QED) is 0.195. The molecule has 2 saturated carbocycles. The third-order valence-electron chi connectivity index (χ3n) is 10.1. The molecule has 210 valence electrons. The molecule has 0 N–H and O–H groups in total. The number of ketones is 1. The molecule has 0 aromatic carbocycles. The number of hydrogen-bond donors (Lipinski definition) is 0. The monoisotopic (exact) mass is 536 g/mol. The van der Waals surface area contributed by atoms with Gasteiger partial charge in [0, 0.05) is 18.4 Å². The van der Waals surface area contributed by atoms with Crippen LogP contribution >= 0.6 is 0 Å². The fourth-order valence-corrected chi connectivity index (χ4v) is 8.38. The molecule has 3 nitrogen and oxygen atoms in total. The van der Waals surface area contributed by atoms with Crippen molar-refractivity contribution < 1.29 is 13.6 Å². The summed E-state index contributed by atoms with van der Waals surface area (Å²) in [5.74, 6) is 1.50. The highest BCUT2D eigenvalue weighted by Gasteiger charge is 2.48. The molecule has 0 radical (unpaired) electrons. The third kappa shape index (κ3) is 8.38. The summed E-state index contributed by atoms with van der Waals surface area (Å²) < 4.78 is 14.1. The van der Waals surface area contributed by atoms with Gasteiger partial charge in [0.25, 0.3) is 0 Å². The summed E-state index contributed by atoms with van der Waals surface area (Å²) in [4.78, 5) is 13.3. The second-order valence-electron chi connectivity index (χ2n) is 14.9. The largest absolute Gasteiger partial charge is 0.414 e. The van der Waals surface area contributed by atoms with Crippen molar-refractivity contribution in [3.05, 3.63) is 12.2 Å². The van der Waals surface area contributed by atoms with Gasteiger partial charge in [-0.1, -0.05) is 79.9 Å². The van der Waals surface area contributed by atoms with Crippen molar-refractivity contribution in [2.45, 2.75) is 161 Å². The molecule has 0 saturated heterocycles. The van der Waals surface area contributed by atoms with Crippen LogP contribution in [0.1, 0.15) is 113 Å². The SMILES string of the molecule is CC/C=C/CC1C(=O)CC(O[Si](C)(C)C(C)(C)C)C1CCC(O[Si](C)(C)C(C)(C)C)C1CCCCC1. The first-order valence-corrected chi connectivity index (χ1v) is 20.8. The zero-order chi connectivity index (χ0) is 27.4. The van der Waals surface area contributed by atoms with Crippen LogP contribution in [0.5, 0.6) is 0 Å². The van der Waals surface area contributed by atoms with E-state index in [-0.39, 0.29) is 22.1 Å². The maximum Gasteiger partial charge on any atom is 0.192 e. The zero-order valence-electron chi connectivity index (χ0n) is 25.8. The van der Waals surface area contributed by atoms with Crippen LogP contribution in [0.3, 0.4) is 0 Å². The average molecular weight is 537 g/mol. The minimum absolute atomic E-state index is 0.0679. The van der Waals surface area contributed by atoms with Crippen molar-refractivity contribution in [2.75, 3.05) is 0 Å². The predicted molar refractivity (Wildman–Crippen MR) is 161 cm³/mol. The Balaban J connectivity index is 2.28. The van der Waals surface area contributed by atoms with Crippen LogP contribution in [-0.2, 0) is 13.6 Å². The van der Waals surface area contributed by atoms with Crippen LogP contribution in [0.4, 0.5) is 0 Å². The lowest BCUT2D eigenvalue weighted by atomic mass is 9.81. The molecule has 2 aliphatic carbocycles. The summed E-state index contributed by atoms with van der Waals surface area (Å²) in [6.07, 6.45) is 16.1. The van der Waals surface area contributed by atoms with Gasteiger partial charge in [-0.25, -0.2) is 0 Å². The first kappa shape index (κ1) is 32.0. The molecular formula is C31H60O3Si2. The maximum atomic E-state index is 13.3. The highest BCUT2D eigenvalue weighted by molar-refractivity contribution is 6.74. The van der Waals surface area contributed by atoms with Gasteiger partial charge >= 0.3 is 0 Å². The second-order valence-corrected chi connectivity index (χ2v) is 24.4. The van der Waals surface area contributed by atoms with E-state index in [2.05, 4.69) is 86.8 Å². The Morgan fingerprint density at radius 1 is 0.917 bits per heavy atom. The molecule has 5 heteroatoms. The Hall–Kier alpha value is -0.236. The van der Waals surface area contributed by atoms with E-state index in [4.69, 9.17) is 8.85 Å². The van der Waals surface area contributed by atoms with Crippen LogP contribution in [0.2, 0.25) is 36.3 Å². The van der Waals surface area contributed by atoms with Gasteiger partial charge in [-0.3, -0.25) is 4.79 Å². The van der Waals surface area contributed by atoms with Crippen molar-refractivity contribution >= 4 is 22.4 Å². The molecule has 2 rings (SSSR count). The summed E-state index contributed by atoms with van der Waals surface area (Å²) in [7, 11) is -3.82. The number of hydrogen-bond acceptors (Lipinski definition) is 3. The van der Waals surface area contributed by atoms with Gasteiger partial charge in [-0.15, -0.1) is 0 Å². The number of carbonyl (C=O) groups is 1. The van der Waals surface area contributed by atoms with Crippen molar-refractivity contribution in [3.63, 3.8) is 0 Å². The van der Waals surface area contributed by atoms with Gasteiger partial charge in [0.05, 0.1) is 6.10 Å². The van der Waals surface area contributed by atoms with E-state index >= 15 is 0 Å². The molecule has 2 aliphatic rings. The molecular weight excluding hydrogens is 477 g/mol. The van der Waals surface area contributed by atoms with Crippen LogP contribution < -0.4 is 0 Å². The minimum Gasteiger partial charge on any atom is -0.414 e. The zero-order valence-corrected chi connectivity index (χ0v) is 27.8. The van der Waals surface area contributed by atoms with Gasteiger partial charge in [0.1, 0.15) is 5.78 Å². The van der Waals surface area contributed by atoms with Crippen molar-refractivity contribution in [1.29, 1.82) is 0 Å². The molecule has 0 spiro atoms. The standard InChI is InChI=1S/C31H60O3Si2/c1-12-13-15-20-25-26(29(23-27(25)32)34-36(10,11)31(5,6)7)21-22-28(24-18-16-14-17-19-24)33-35(8,9)30(2,3)4/h13,15,24-26,28-29H,12,14,16-23H2,1-11H3/b15-13+. The van der Waals surface area contributed by atoms with Gasteiger partial charge < -0.3 is 8.85 Å². The van der Waals surface area contributed by atoms with Crippen LogP contribution in [0.15, 0.2) is 12.2 Å². The lowest BCUT2D eigenvalue weighted by Crippen LogP contribution is -2.47. The molecule has 0 heterocycles. The molecule has 4 unspecified atom stereocenters. The van der Waals surface area contributed by atoms with Crippen molar-refractivity contribution in [1.82, 2.24) is 0 Å². The molecule has 0 bridgehead atoms. The number of allylic oxidation sites excluding steroid dienone is 2. The molecule has 0 aromatic rings. The fraction of sp³-hybridized carbons (Fsp3) is 0.903. The first-order valence-electron chi connectivity index (χ1n) is 15.0.